The van der Waals surface area contributed by atoms with Gasteiger partial charge in [-0.2, -0.15) is 18.3 Å². The number of aromatic nitrogens is 2. The molecule has 1 amide bonds. The molecule has 1 aliphatic rings. The Labute approximate surface area is 147 Å². The number of halogens is 4. The van der Waals surface area contributed by atoms with Gasteiger partial charge in [0.05, 0.1) is 12.2 Å². The molecule has 0 saturated carbocycles. The van der Waals surface area contributed by atoms with Gasteiger partial charge in [-0.25, -0.2) is 9.07 Å². The van der Waals surface area contributed by atoms with E-state index in [0.29, 0.717) is 5.56 Å². The van der Waals surface area contributed by atoms with Crippen molar-refractivity contribution in [3.63, 3.8) is 0 Å². The molecular formula is C17H18F4N4O. The molecule has 0 bridgehead atoms. The average Bonchev–Trinajstić information content (AvgIpc) is 2.97. The van der Waals surface area contributed by atoms with Gasteiger partial charge in [-0.05, 0) is 31.5 Å². The van der Waals surface area contributed by atoms with Crippen molar-refractivity contribution in [1.82, 2.24) is 15.1 Å². The van der Waals surface area contributed by atoms with Gasteiger partial charge in [-0.1, -0.05) is 12.1 Å². The molecule has 0 fully saturated rings. The second kappa shape index (κ2) is 6.62. The van der Waals surface area contributed by atoms with Crippen LogP contribution in [0.1, 0.15) is 48.3 Å². The van der Waals surface area contributed by atoms with E-state index in [0.717, 1.165) is 10.9 Å². The summed E-state index contributed by atoms with van der Waals surface area (Å²) in [5.74, 6) is -0.973. The number of benzene rings is 1. The molecule has 2 heterocycles. The van der Waals surface area contributed by atoms with Crippen LogP contribution in [-0.2, 0) is 0 Å². The standard InChI is InChI=1S/C17H18F4N4O/c1-9(2)23-16(26)12-8-22-25-14(17(19,20)21)7-13(24-15(12)25)10-3-5-11(18)6-4-10/h3-6,8-9,13-14,24H,7H2,1-2H3,(H,23,26)/t13-,14-/m0/s1. The van der Waals surface area contributed by atoms with Crippen molar-refractivity contribution in [2.24, 2.45) is 0 Å². The van der Waals surface area contributed by atoms with Crippen LogP contribution in [0, 0.1) is 5.82 Å². The largest absolute Gasteiger partial charge is 0.410 e. The van der Waals surface area contributed by atoms with Crippen LogP contribution in [0.2, 0.25) is 0 Å². The number of carbonyl (C=O) groups excluding carboxylic acids is 1. The number of amides is 1. The van der Waals surface area contributed by atoms with Crippen molar-refractivity contribution in [2.45, 2.75) is 44.6 Å². The Hall–Kier alpha value is -2.58. The maximum atomic E-state index is 13.5. The zero-order chi connectivity index (χ0) is 19.1. The number of anilines is 1. The summed E-state index contributed by atoms with van der Waals surface area (Å²) in [6.45, 7) is 3.50. The third-order valence-corrected chi connectivity index (χ3v) is 4.18. The fourth-order valence-electron chi connectivity index (χ4n) is 2.98. The van der Waals surface area contributed by atoms with Crippen molar-refractivity contribution < 1.29 is 22.4 Å². The normalized spacial score (nSPS) is 19.8. The summed E-state index contributed by atoms with van der Waals surface area (Å²) in [6.07, 6.45) is -3.71. The summed E-state index contributed by atoms with van der Waals surface area (Å²) in [6, 6.07) is 2.47. The van der Waals surface area contributed by atoms with E-state index in [9.17, 15) is 22.4 Å². The topological polar surface area (TPSA) is 59.0 Å². The minimum absolute atomic E-state index is 0.00560. The predicted octanol–water partition coefficient (Wildman–Crippen LogP) is 3.82. The van der Waals surface area contributed by atoms with E-state index in [-0.39, 0.29) is 23.8 Å². The lowest BCUT2D eigenvalue weighted by Gasteiger charge is -2.34. The number of alkyl halides is 3. The SMILES string of the molecule is CC(C)NC(=O)c1cnn2c1N[C@H](c1ccc(F)cc1)C[C@H]2C(F)(F)F. The highest BCUT2D eigenvalue weighted by Gasteiger charge is 2.47. The Morgan fingerprint density at radius 1 is 1.31 bits per heavy atom. The van der Waals surface area contributed by atoms with E-state index in [1.165, 1.54) is 24.3 Å². The number of nitrogens with one attached hydrogen (secondary N) is 2. The van der Waals surface area contributed by atoms with E-state index >= 15 is 0 Å². The van der Waals surface area contributed by atoms with E-state index < -0.39 is 30.0 Å². The van der Waals surface area contributed by atoms with E-state index in [2.05, 4.69) is 15.7 Å². The minimum atomic E-state index is -4.53. The van der Waals surface area contributed by atoms with Crippen molar-refractivity contribution in [2.75, 3.05) is 5.32 Å². The van der Waals surface area contributed by atoms with Crippen LogP contribution in [0.15, 0.2) is 30.5 Å². The quantitative estimate of drug-likeness (QED) is 0.808. The monoisotopic (exact) mass is 370 g/mol. The van der Waals surface area contributed by atoms with Gasteiger partial charge >= 0.3 is 6.18 Å². The maximum Gasteiger partial charge on any atom is 0.410 e. The van der Waals surface area contributed by atoms with Gasteiger partial charge < -0.3 is 10.6 Å². The van der Waals surface area contributed by atoms with E-state index in [4.69, 9.17) is 0 Å². The number of fused-ring (bicyclic) bond motifs is 1. The third kappa shape index (κ3) is 3.51. The molecule has 0 aliphatic carbocycles. The summed E-state index contributed by atoms with van der Waals surface area (Å²) in [5, 5.41) is 9.39. The third-order valence-electron chi connectivity index (χ3n) is 4.18. The second-order valence-electron chi connectivity index (χ2n) is 6.52. The molecule has 9 heteroatoms. The molecule has 1 aromatic carbocycles. The summed E-state index contributed by atoms with van der Waals surface area (Å²) in [4.78, 5) is 12.3. The fourth-order valence-corrected chi connectivity index (χ4v) is 2.98. The highest BCUT2D eigenvalue weighted by Crippen LogP contribution is 2.44. The first kappa shape index (κ1) is 18.2. The van der Waals surface area contributed by atoms with Gasteiger partial charge in [-0.3, -0.25) is 4.79 Å². The number of hydrogen-bond donors (Lipinski definition) is 2. The minimum Gasteiger partial charge on any atom is -0.363 e. The number of nitrogens with zero attached hydrogens (tertiary/aromatic N) is 2. The molecule has 1 aromatic heterocycles. The van der Waals surface area contributed by atoms with E-state index in [1.54, 1.807) is 13.8 Å². The van der Waals surface area contributed by atoms with Gasteiger partial charge in [-0.15, -0.1) is 0 Å². The summed E-state index contributed by atoms with van der Waals surface area (Å²) in [5.41, 5.74) is 0.545. The summed E-state index contributed by atoms with van der Waals surface area (Å²) in [7, 11) is 0. The Kier molecular flexibility index (Phi) is 4.64. The van der Waals surface area contributed by atoms with Crippen molar-refractivity contribution >= 4 is 11.7 Å². The van der Waals surface area contributed by atoms with Crippen LogP contribution in [-0.4, -0.2) is 27.9 Å². The van der Waals surface area contributed by atoms with Crippen LogP contribution >= 0.6 is 0 Å². The Morgan fingerprint density at radius 3 is 2.54 bits per heavy atom. The molecule has 2 N–H and O–H groups in total. The van der Waals surface area contributed by atoms with Crippen LogP contribution in [0.5, 0.6) is 0 Å². The van der Waals surface area contributed by atoms with Gasteiger partial charge in [0.2, 0.25) is 0 Å². The lowest BCUT2D eigenvalue weighted by atomic mass is 9.96. The Balaban J connectivity index is 2.01. The first-order valence-electron chi connectivity index (χ1n) is 8.14. The maximum absolute atomic E-state index is 13.5. The van der Waals surface area contributed by atoms with Crippen LogP contribution in [0.25, 0.3) is 0 Å². The van der Waals surface area contributed by atoms with Gasteiger partial charge in [0.1, 0.15) is 17.2 Å². The average molecular weight is 370 g/mol. The van der Waals surface area contributed by atoms with Crippen molar-refractivity contribution in [3.8, 4) is 0 Å². The highest BCUT2D eigenvalue weighted by atomic mass is 19.4. The van der Waals surface area contributed by atoms with Crippen molar-refractivity contribution in [1.29, 1.82) is 0 Å². The molecule has 2 atom stereocenters. The molecule has 140 valence electrons. The number of carbonyl (C=O) groups is 1. The molecule has 0 radical (unpaired) electrons. The fraction of sp³-hybridized carbons (Fsp3) is 0.412. The van der Waals surface area contributed by atoms with Crippen LogP contribution in [0.4, 0.5) is 23.4 Å². The second-order valence-corrected chi connectivity index (χ2v) is 6.52. The molecule has 0 unspecified atom stereocenters. The Morgan fingerprint density at radius 2 is 1.96 bits per heavy atom. The first-order chi connectivity index (χ1) is 12.2. The summed E-state index contributed by atoms with van der Waals surface area (Å²) < 4.78 is 54.6. The lowest BCUT2D eigenvalue weighted by molar-refractivity contribution is -0.173. The molecule has 5 nitrogen and oxygen atoms in total. The Bertz CT molecular complexity index is 798. The molecule has 26 heavy (non-hydrogen) atoms. The van der Waals surface area contributed by atoms with Gasteiger partial charge in [0.25, 0.3) is 5.91 Å². The van der Waals surface area contributed by atoms with Crippen molar-refractivity contribution in [3.05, 3.63) is 47.4 Å². The zero-order valence-corrected chi connectivity index (χ0v) is 14.1. The predicted molar refractivity (Wildman–Crippen MR) is 87.3 cm³/mol. The first-order valence-corrected chi connectivity index (χ1v) is 8.14. The smallest absolute Gasteiger partial charge is 0.363 e. The molecule has 0 spiro atoms. The molecule has 0 saturated heterocycles. The number of hydrogen-bond acceptors (Lipinski definition) is 3. The number of rotatable bonds is 3. The molecule has 1 aliphatic heterocycles. The van der Waals surface area contributed by atoms with Crippen LogP contribution in [0.3, 0.4) is 0 Å². The molecular weight excluding hydrogens is 352 g/mol. The van der Waals surface area contributed by atoms with Crippen LogP contribution < -0.4 is 10.6 Å². The summed E-state index contributed by atoms with van der Waals surface area (Å²) >= 11 is 0. The molecule has 2 aromatic rings. The lowest BCUT2D eigenvalue weighted by Crippen LogP contribution is -2.37. The van der Waals surface area contributed by atoms with Gasteiger partial charge in [0.15, 0.2) is 6.04 Å². The van der Waals surface area contributed by atoms with Gasteiger partial charge in [0, 0.05) is 12.5 Å². The zero-order valence-electron chi connectivity index (χ0n) is 14.1. The molecule has 3 rings (SSSR count). The van der Waals surface area contributed by atoms with E-state index in [1.807, 2.05) is 0 Å². The highest BCUT2D eigenvalue weighted by molar-refractivity contribution is 5.99.